The summed E-state index contributed by atoms with van der Waals surface area (Å²) < 4.78 is 0. The molecule has 0 spiro atoms. The van der Waals surface area contributed by atoms with Crippen LogP contribution in [0.15, 0.2) is 12.3 Å². The van der Waals surface area contributed by atoms with Crippen molar-refractivity contribution in [2.45, 2.75) is 13.1 Å². The average molecular weight is 200 g/mol. The number of carbonyl (C=O) groups excluding carboxylic acids is 1. The minimum atomic E-state index is -0.419. The van der Waals surface area contributed by atoms with Gasteiger partial charge in [0.2, 0.25) is 5.91 Å². The van der Waals surface area contributed by atoms with Crippen molar-refractivity contribution in [1.29, 1.82) is 0 Å². The Labute approximate surface area is 81.9 Å². The van der Waals surface area contributed by atoms with Gasteiger partial charge in [-0.2, -0.15) is 0 Å². The molecule has 0 aliphatic carbocycles. The molecule has 5 heteroatoms. The van der Waals surface area contributed by atoms with E-state index >= 15 is 0 Å². The molecule has 70 valence electrons. The topological polar surface area (TPSA) is 68.0 Å². The van der Waals surface area contributed by atoms with E-state index in [2.05, 4.69) is 10.3 Å². The fourth-order valence-electron chi connectivity index (χ4n) is 1.30. The van der Waals surface area contributed by atoms with Gasteiger partial charge < -0.3 is 11.1 Å². The fraction of sp³-hybridized carbons (Fsp3) is 0.250. The number of aromatic nitrogens is 1. The highest BCUT2D eigenvalue weighted by molar-refractivity contribution is 5.92. The first-order chi connectivity index (χ1) is 5.77. The van der Waals surface area contributed by atoms with Gasteiger partial charge in [-0.05, 0) is 11.6 Å². The van der Waals surface area contributed by atoms with Crippen molar-refractivity contribution in [3.63, 3.8) is 0 Å². The zero-order valence-electron chi connectivity index (χ0n) is 6.91. The first-order valence-electron chi connectivity index (χ1n) is 3.75. The Morgan fingerprint density at radius 3 is 3.00 bits per heavy atom. The molecule has 0 radical (unpaired) electrons. The molecule has 0 unspecified atom stereocenters. The lowest BCUT2D eigenvalue weighted by Crippen LogP contribution is -2.11. The van der Waals surface area contributed by atoms with Crippen LogP contribution in [-0.4, -0.2) is 10.9 Å². The Morgan fingerprint density at radius 1 is 1.54 bits per heavy atom. The Hall–Kier alpha value is -1.13. The van der Waals surface area contributed by atoms with Crippen LogP contribution in [0.4, 0.5) is 0 Å². The number of hydrogen-bond donors (Lipinski definition) is 2. The van der Waals surface area contributed by atoms with E-state index in [4.69, 9.17) is 5.73 Å². The van der Waals surface area contributed by atoms with Crippen LogP contribution in [-0.2, 0) is 13.1 Å². The summed E-state index contributed by atoms with van der Waals surface area (Å²) in [6.07, 6.45) is 1.52. The monoisotopic (exact) mass is 199 g/mol. The molecule has 1 aromatic heterocycles. The number of carbonyl (C=O) groups is 1. The minimum absolute atomic E-state index is 0. The number of nitrogens with one attached hydrogen (secondary N) is 1. The van der Waals surface area contributed by atoms with Crippen molar-refractivity contribution < 1.29 is 4.79 Å². The molecule has 1 aromatic rings. The summed E-state index contributed by atoms with van der Waals surface area (Å²) in [5.74, 6) is -0.419. The van der Waals surface area contributed by atoms with E-state index < -0.39 is 5.91 Å². The molecule has 13 heavy (non-hydrogen) atoms. The van der Waals surface area contributed by atoms with Gasteiger partial charge in [0.05, 0.1) is 11.3 Å². The second kappa shape index (κ2) is 3.72. The zero-order valence-corrected chi connectivity index (χ0v) is 7.73. The summed E-state index contributed by atoms with van der Waals surface area (Å²) in [4.78, 5) is 14.9. The summed E-state index contributed by atoms with van der Waals surface area (Å²) in [6, 6.07) is 1.80. The standard InChI is InChI=1S/C8H9N3O.ClH/c9-8(12)6-1-5-2-10-4-7(5)11-3-6;/h1,3,10H,2,4H2,(H2,9,12);1H. The summed E-state index contributed by atoms with van der Waals surface area (Å²) in [6.45, 7) is 1.57. The van der Waals surface area contributed by atoms with Gasteiger partial charge in [-0.15, -0.1) is 12.4 Å². The van der Waals surface area contributed by atoms with Crippen LogP contribution >= 0.6 is 12.4 Å². The number of rotatable bonds is 1. The number of amides is 1. The molecule has 1 aliphatic heterocycles. The molecule has 2 heterocycles. The predicted octanol–water partition coefficient (Wildman–Crippen LogP) is 0.206. The van der Waals surface area contributed by atoms with E-state index in [-0.39, 0.29) is 12.4 Å². The first-order valence-corrected chi connectivity index (χ1v) is 3.75. The minimum Gasteiger partial charge on any atom is -0.366 e. The third-order valence-electron chi connectivity index (χ3n) is 1.95. The number of nitrogens with zero attached hydrogens (tertiary/aromatic N) is 1. The Morgan fingerprint density at radius 2 is 2.31 bits per heavy atom. The van der Waals surface area contributed by atoms with Gasteiger partial charge >= 0.3 is 0 Å². The van der Waals surface area contributed by atoms with Gasteiger partial charge in [-0.1, -0.05) is 0 Å². The van der Waals surface area contributed by atoms with Crippen molar-refractivity contribution in [2.75, 3.05) is 0 Å². The third-order valence-corrected chi connectivity index (χ3v) is 1.95. The lowest BCUT2D eigenvalue weighted by Gasteiger charge is -1.98. The van der Waals surface area contributed by atoms with Gasteiger partial charge in [-0.3, -0.25) is 9.78 Å². The van der Waals surface area contributed by atoms with Gasteiger partial charge in [0.25, 0.3) is 0 Å². The summed E-state index contributed by atoms with van der Waals surface area (Å²) >= 11 is 0. The Kier molecular flexibility index (Phi) is 2.85. The number of nitrogens with two attached hydrogens (primary N) is 1. The largest absolute Gasteiger partial charge is 0.366 e. The maximum Gasteiger partial charge on any atom is 0.250 e. The van der Waals surface area contributed by atoms with Gasteiger partial charge in [0.1, 0.15) is 0 Å². The summed E-state index contributed by atoms with van der Waals surface area (Å²) in [5.41, 5.74) is 7.68. The van der Waals surface area contributed by atoms with Gasteiger partial charge in [-0.25, -0.2) is 0 Å². The quantitative estimate of drug-likeness (QED) is 0.679. The number of pyridine rings is 1. The highest BCUT2D eigenvalue weighted by Gasteiger charge is 2.12. The molecule has 1 amide bonds. The molecule has 1 aliphatic rings. The zero-order chi connectivity index (χ0) is 8.55. The van der Waals surface area contributed by atoms with Crippen LogP contribution < -0.4 is 11.1 Å². The molecule has 0 saturated carbocycles. The highest BCUT2D eigenvalue weighted by Crippen LogP contribution is 2.13. The van der Waals surface area contributed by atoms with E-state index in [0.29, 0.717) is 5.56 Å². The fourth-order valence-corrected chi connectivity index (χ4v) is 1.30. The highest BCUT2D eigenvalue weighted by atomic mass is 35.5. The summed E-state index contributed by atoms with van der Waals surface area (Å²) in [5, 5.41) is 3.14. The maximum absolute atomic E-state index is 10.8. The number of primary amides is 1. The number of halogens is 1. The van der Waals surface area contributed by atoms with Crippen molar-refractivity contribution in [3.05, 3.63) is 29.1 Å². The van der Waals surface area contributed by atoms with Crippen molar-refractivity contribution >= 4 is 18.3 Å². The molecule has 0 bridgehead atoms. The van der Waals surface area contributed by atoms with Crippen molar-refractivity contribution in [1.82, 2.24) is 10.3 Å². The van der Waals surface area contributed by atoms with Crippen LogP contribution in [0.25, 0.3) is 0 Å². The molecule has 0 saturated heterocycles. The first kappa shape index (κ1) is 9.95. The number of fused-ring (bicyclic) bond motifs is 1. The van der Waals surface area contributed by atoms with Crippen LogP contribution in [0.2, 0.25) is 0 Å². The third kappa shape index (κ3) is 1.79. The van der Waals surface area contributed by atoms with E-state index in [0.717, 1.165) is 24.3 Å². The van der Waals surface area contributed by atoms with Crippen LogP contribution in [0.5, 0.6) is 0 Å². The van der Waals surface area contributed by atoms with E-state index in [1.54, 1.807) is 6.07 Å². The molecule has 0 atom stereocenters. The predicted molar refractivity (Wildman–Crippen MR) is 50.5 cm³/mol. The SMILES string of the molecule is Cl.NC(=O)c1cnc2c(c1)CNC2. The molecule has 3 N–H and O–H groups in total. The van der Waals surface area contributed by atoms with Crippen molar-refractivity contribution in [2.24, 2.45) is 5.73 Å². The molecular weight excluding hydrogens is 190 g/mol. The van der Waals surface area contributed by atoms with Crippen molar-refractivity contribution in [3.8, 4) is 0 Å². The average Bonchev–Trinajstić information content (AvgIpc) is 2.49. The van der Waals surface area contributed by atoms with Crippen LogP contribution in [0, 0.1) is 0 Å². The van der Waals surface area contributed by atoms with Gasteiger partial charge in [0, 0.05) is 19.3 Å². The molecule has 0 aromatic carbocycles. The van der Waals surface area contributed by atoms with Crippen LogP contribution in [0.3, 0.4) is 0 Å². The lowest BCUT2D eigenvalue weighted by atomic mass is 10.1. The van der Waals surface area contributed by atoms with Crippen LogP contribution in [0.1, 0.15) is 21.6 Å². The number of hydrogen-bond acceptors (Lipinski definition) is 3. The Balaban J connectivity index is 0.000000845. The van der Waals surface area contributed by atoms with E-state index in [9.17, 15) is 4.79 Å². The van der Waals surface area contributed by atoms with Gasteiger partial charge in [0.15, 0.2) is 0 Å². The molecule has 0 fully saturated rings. The normalized spacial score (nSPS) is 13.2. The molecular formula is C8H10ClN3O. The molecule has 4 nitrogen and oxygen atoms in total. The van der Waals surface area contributed by atoms with E-state index in [1.165, 1.54) is 6.20 Å². The maximum atomic E-state index is 10.8. The summed E-state index contributed by atoms with van der Waals surface area (Å²) in [7, 11) is 0. The van der Waals surface area contributed by atoms with E-state index in [1.807, 2.05) is 0 Å². The second-order valence-corrected chi connectivity index (χ2v) is 2.80. The molecule has 2 rings (SSSR count). The Bertz CT molecular complexity index is 340. The lowest BCUT2D eigenvalue weighted by molar-refractivity contribution is 0.1000. The second-order valence-electron chi connectivity index (χ2n) is 2.80. The smallest absolute Gasteiger partial charge is 0.250 e.